The predicted octanol–water partition coefficient (Wildman–Crippen LogP) is 0.913. The van der Waals surface area contributed by atoms with Crippen LogP contribution in [0.3, 0.4) is 0 Å². The van der Waals surface area contributed by atoms with E-state index in [1.54, 1.807) is 30.3 Å². The molecule has 0 aromatic heterocycles. The van der Waals surface area contributed by atoms with E-state index in [-0.39, 0.29) is 13.0 Å². The summed E-state index contributed by atoms with van der Waals surface area (Å²) in [6.07, 6.45) is 1.87. The second kappa shape index (κ2) is 12.0. The summed E-state index contributed by atoms with van der Waals surface area (Å²) in [5.41, 5.74) is 1.20. The van der Waals surface area contributed by atoms with Crippen molar-refractivity contribution in [2.24, 2.45) is 0 Å². The van der Waals surface area contributed by atoms with Crippen molar-refractivity contribution in [3.8, 4) is 0 Å². The van der Waals surface area contributed by atoms with E-state index in [0.717, 1.165) is 0 Å². The Bertz CT molecular complexity index is 639. The van der Waals surface area contributed by atoms with Gasteiger partial charge in [0.05, 0.1) is 6.42 Å². The van der Waals surface area contributed by atoms with Gasteiger partial charge in [-0.25, -0.2) is 0 Å². The number of carboxylic acid groups (broad SMARTS) is 1. The first-order valence-electron chi connectivity index (χ1n) is 8.09. The fourth-order valence-electron chi connectivity index (χ4n) is 2.01. The number of rotatable bonds is 11. The lowest BCUT2D eigenvalue weighted by Crippen LogP contribution is -2.40. The van der Waals surface area contributed by atoms with Gasteiger partial charge in [-0.3, -0.25) is 9.59 Å². The van der Waals surface area contributed by atoms with Crippen LogP contribution in [0.2, 0.25) is 0 Å². The second-order valence-corrected chi connectivity index (χ2v) is 5.79. The molecule has 9 heteroatoms. The molecule has 0 saturated heterocycles. The first kappa shape index (κ1) is 21.6. The highest BCUT2D eigenvalue weighted by Crippen LogP contribution is 2.15. The highest BCUT2D eigenvalue weighted by molar-refractivity contribution is 7.80. The van der Waals surface area contributed by atoms with Crippen LogP contribution in [-0.4, -0.2) is 52.9 Å². The summed E-state index contributed by atoms with van der Waals surface area (Å²) in [6, 6.07) is 5.89. The van der Waals surface area contributed by atoms with Gasteiger partial charge in [0.1, 0.15) is 6.04 Å². The first-order valence-corrected chi connectivity index (χ1v) is 8.49. The van der Waals surface area contributed by atoms with Crippen molar-refractivity contribution in [3.05, 3.63) is 36.9 Å². The monoisotopic (exact) mass is 380 g/mol. The largest absolute Gasteiger partial charge is 0.480 e. The quantitative estimate of drug-likeness (QED) is 0.190. The van der Waals surface area contributed by atoms with Crippen LogP contribution in [0.4, 0.5) is 11.4 Å². The summed E-state index contributed by atoms with van der Waals surface area (Å²) in [5.74, 6) is -1.55. The van der Waals surface area contributed by atoms with Crippen LogP contribution in [0.5, 0.6) is 0 Å². The van der Waals surface area contributed by atoms with Crippen LogP contribution in [0.25, 0.3) is 0 Å². The van der Waals surface area contributed by atoms with E-state index in [1.807, 2.05) is 0 Å². The Morgan fingerprint density at radius 2 is 1.96 bits per heavy atom. The van der Waals surface area contributed by atoms with Crippen molar-refractivity contribution in [2.45, 2.75) is 18.9 Å². The predicted molar refractivity (Wildman–Crippen MR) is 105 cm³/mol. The molecule has 1 unspecified atom stereocenters. The zero-order valence-corrected chi connectivity index (χ0v) is 15.1. The Labute approximate surface area is 157 Å². The number of aliphatic hydroxyl groups excluding tert-OH is 1. The van der Waals surface area contributed by atoms with Gasteiger partial charge in [-0.1, -0.05) is 12.1 Å². The van der Waals surface area contributed by atoms with Gasteiger partial charge in [0.2, 0.25) is 5.91 Å². The number of carbonyl (C=O) groups is 2. The summed E-state index contributed by atoms with van der Waals surface area (Å²) in [5, 5.41) is 29.6. The van der Waals surface area contributed by atoms with Crippen molar-refractivity contribution in [1.29, 1.82) is 0 Å². The number of hydrogen-bond donors (Lipinski definition) is 6. The van der Waals surface area contributed by atoms with Gasteiger partial charge in [0, 0.05) is 24.5 Å². The minimum Gasteiger partial charge on any atom is -0.480 e. The average Bonchev–Trinajstić information content (AvgIpc) is 2.59. The number of hydrogen-bond acceptors (Lipinski definition) is 5. The molecule has 0 saturated carbocycles. The Balaban J connectivity index is 2.59. The molecular weight excluding hydrogens is 356 g/mol. The van der Waals surface area contributed by atoms with Crippen molar-refractivity contribution < 1.29 is 19.8 Å². The molecule has 1 aromatic carbocycles. The number of amides is 1. The Morgan fingerprint density at radius 1 is 1.27 bits per heavy atom. The number of benzene rings is 1. The molecule has 1 atom stereocenters. The fourth-order valence-corrected chi connectivity index (χ4v) is 2.22. The highest BCUT2D eigenvalue weighted by atomic mass is 32.1. The van der Waals surface area contributed by atoms with Crippen LogP contribution in [0.15, 0.2) is 36.9 Å². The molecule has 1 rings (SSSR count). The van der Waals surface area contributed by atoms with E-state index < -0.39 is 17.9 Å². The molecular formula is C17H24N4O4S. The van der Waals surface area contributed by atoms with Crippen molar-refractivity contribution in [2.75, 3.05) is 30.3 Å². The molecule has 0 aliphatic heterocycles. The van der Waals surface area contributed by atoms with Crippen LogP contribution in [0, 0.1) is 0 Å². The van der Waals surface area contributed by atoms with E-state index in [0.29, 0.717) is 36.0 Å². The van der Waals surface area contributed by atoms with E-state index in [4.69, 9.17) is 22.4 Å². The number of anilines is 2. The van der Waals surface area contributed by atoms with Crippen LogP contribution >= 0.6 is 12.2 Å². The molecule has 0 bridgehead atoms. The molecule has 1 amide bonds. The summed E-state index contributed by atoms with van der Waals surface area (Å²) < 4.78 is 0. The van der Waals surface area contributed by atoms with E-state index in [2.05, 4.69) is 27.8 Å². The fraction of sp³-hybridized carbons (Fsp3) is 0.353. The summed E-state index contributed by atoms with van der Waals surface area (Å²) in [7, 11) is 0. The zero-order chi connectivity index (χ0) is 19.4. The molecule has 0 heterocycles. The highest BCUT2D eigenvalue weighted by Gasteiger charge is 2.20. The lowest BCUT2D eigenvalue weighted by atomic mass is 10.2. The lowest BCUT2D eigenvalue weighted by molar-refractivity contribution is -0.141. The topological polar surface area (TPSA) is 123 Å². The molecule has 6 N–H and O–H groups in total. The maximum absolute atomic E-state index is 12.1. The number of aliphatic carboxylic acids is 1. The number of aliphatic hydroxyl groups is 1. The Kier molecular flexibility index (Phi) is 9.91. The zero-order valence-electron chi connectivity index (χ0n) is 14.3. The number of carbonyl (C=O) groups excluding carboxylic acids is 1. The smallest absolute Gasteiger partial charge is 0.321 e. The van der Waals surface area contributed by atoms with Gasteiger partial charge in [-0.05, 0) is 43.4 Å². The van der Waals surface area contributed by atoms with Gasteiger partial charge in [0.25, 0.3) is 0 Å². The van der Waals surface area contributed by atoms with Crippen LogP contribution < -0.4 is 21.3 Å². The second-order valence-electron chi connectivity index (χ2n) is 5.38. The standard InChI is InChI=1S/C17H24N4O4S/c1-2-7-19-17(26)21-13-6-3-5-12(10-13)20-15(23)11-14(16(24)25)18-8-4-9-22/h2-3,5-6,10,14,18,22H,1,4,7-9,11H2,(H,20,23)(H,24,25)(H2,19,21,26). The third kappa shape index (κ3) is 8.56. The van der Waals surface area contributed by atoms with Gasteiger partial charge in [-0.15, -0.1) is 6.58 Å². The normalized spacial score (nSPS) is 11.3. The number of nitrogens with one attached hydrogen (secondary N) is 4. The number of carboxylic acids is 1. The molecule has 1 aromatic rings. The molecule has 26 heavy (non-hydrogen) atoms. The molecule has 0 aliphatic rings. The Hall–Kier alpha value is -2.49. The van der Waals surface area contributed by atoms with Crippen molar-refractivity contribution in [3.63, 3.8) is 0 Å². The van der Waals surface area contributed by atoms with Gasteiger partial charge in [-0.2, -0.15) is 0 Å². The Morgan fingerprint density at radius 3 is 2.58 bits per heavy atom. The SMILES string of the molecule is C=CCNC(=S)Nc1cccc(NC(=O)CC(NCCCO)C(=O)O)c1. The minimum atomic E-state index is -1.12. The number of thiocarbonyl (C=S) groups is 1. The van der Waals surface area contributed by atoms with Crippen LogP contribution in [0.1, 0.15) is 12.8 Å². The lowest BCUT2D eigenvalue weighted by Gasteiger charge is -2.15. The molecule has 142 valence electrons. The van der Waals surface area contributed by atoms with Crippen molar-refractivity contribution >= 4 is 40.6 Å². The minimum absolute atomic E-state index is 0.0468. The van der Waals surface area contributed by atoms with Gasteiger partial charge < -0.3 is 31.5 Å². The van der Waals surface area contributed by atoms with E-state index >= 15 is 0 Å². The first-order chi connectivity index (χ1) is 12.5. The third-order valence-corrected chi connectivity index (χ3v) is 3.47. The summed E-state index contributed by atoms with van der Waals surface area (Å²) in [6.45, 7) is 4.39. The van der Waals surface area contributed by atoms with E-state index in [9.17, 15) is 9.59 Å². The molecule has 8 nitrogen and oxygen atoms in total. The molecule has 0 aliphatic carbocycles. The summed E-state index contributed by atoms with van der Waals surface area (Å²) >= 11 is 5.12. The molecule has 0 fully saturated rings. The average molecular weight is 380 g/mol. The van der Waals surface area contributed by atoms with E-state index in [1.165, 1.54) is 0 Å². The maximum Gasteiger partial charge on any atom is 0.321 e. The van der Waals surface area contributed by atoms with Gasteiger partial charge >= 0.3 is 5.97 Å². The molecule has 0 radical (unpaired) electrons. The third-order valence-electron chi connectivity index (χ3n) is 3.22. The maximum atomic E-state index is 12.1. The molecule has 0 spiro atoms. The van der Waals surface area contributed by atoms with Crippen LogP contribution in [-0.2, 0) is 9.59 Å². The van der Waals surface area contributed by atoms with Crippen molar-refractivity contribution in [1.82, 2.24) is 10.6 Å². The van der Waals surface area contributed by atoms with Gasteiger partial charge in [0.15, 0.2) is 5.11 Å². The summed E-state index contributed by atoms with van der Waals surface area (Å²) in [4.78, 5) is 23.3.